The third kappa shape index (κ3) is 4.15. The van der Waals surface area contributed by atoms with Crippen LogP contribution in [0, 0.1) is 0 Å². The van der Waals surface area contributed by atoms with Crippen LogP contribution in [0.25, 0.3) is 0 Å². The van der Waals surface area contributed by atoms with E-state index in [9.17, 15) is 0 Å². The predicted octanol–water partition coefficient (Wildman–Crippen LogP) is 5.43. The zero-order chi connectivity index (χ0) is 17.1. The molecule has 0 atom stereocenters. The van der Waals surface area contributed by atoms with Crippen LogP contribution >= 0.6 is 11.6 Å². The van der Waals surface area contributed by atoms with Crippen LogP contribution in [0.1, 0.15) is 64.7 Å². The molecule has 0 spiro atoms. The quantitative estimate of drug-likeness (QED) is 0.765. The number of nitrogens with zero attached hydrogens (tertiary/aromatic N) is 1. The maximum Gasteiger partial charge on any atom is 0.208 e. The molecular formula is C19H27ClN2O. The van der Waals surface area contributed by atoms with E-state index in [1.807, 2.05) is 18.3 Å². The van der Waals surface area contributed by atoms with Crippen LogP contribution in [0.15, 0.2) is 34.9 Å². The van der Waals surface area contributed by atoms with E-state index in [-0.39, 0.29) is 11.0 Å². The third-order valence-corrected chi connectivity index (χ3v) is 4.73. The Kier molecular flexibility index (Phi) is 5.53. The summed E-state index contributed by atoms with van der Waals surface area (Å²) < 4.78 is 5.89. The SMILES string of the molecule is CCC(CC)(NCc1ncc(C(C)(C)C)o1)c1ccc(Cl)cc1. The van der Waals surface area contributed by atoms with Crippen LogP contribution in [-0.4, -0.2) is 4.98 Å². The molecule has 3 nitrogen and oxygen atoms in total. The van der Waals surface area contributed by atoms with Gasteiger partial charge in [0.05, 0.1) is 12.7 Å². The van der Waals surface area contributed by atoms with E-state index in [2.05, 4.69) is 57.1 Å². The first-order valence-electron chi connectivity index (χ1n) is 8.27. The molecule has 1 aromatic carbocycles. The molecule has 0 aliphatic carbocycles. The smallest absolute Gasteiger partial charge is 0.208 e. The second kappa shape index (κ2) is 7.06. The lowest BCUT2D eigenvalue weighted by atomic mass is 9.84. The molecule has 2 rings (SSSR count). The summed E-state index contributed by atoms with van der Waals surface area (Å²) in [7, 11) is 0. The zero-order valence-corrected chi connectivity index (χ0v) is 15.5. The number of hydrogen-bond acceptors (Lipinski definition) is 3. The number of halogens is 1. The highest BCUT2D eigenvalue weighted by Gasteiger charge is 2.28. The monoisotopic (exact) mass is 334 g/mol. The molecule has 0 saturated carbocycles. The Morgan fingerprint density at radius 1 is 1.09 bits per heavy atom. The van der Waals surface area contributed by atoms with Crippen molar-refractivity contribution in [3.05, 3.63) is 52.7 Å². The Balaban J connectivity index is 2.16. The zero-order valence-electron chi connectivity index (χ0n) is 14.7. The minimum atomic E-state index is -0.0963. The normalized spacial score (nSPS) is 12.6. The Hall–Kier alpha value is -1.32. The van der Waals surface area contributed by atoms with Gasteiger partial charge in [-0.15, -0.1) is 0 Å². The summed E-state index contributed by atoms with van der Waals surface area (Å²) in [5, 5.41) is 4.41. The molecule has 0 fully saturated rings. The summed E-state index contributed by atoms with van der Waals surface area (Å²) in [6.07, 6.45) is 3.80. The van der Waals surface area contributed by atoms with E-state index in [1.165, 1.54) is 5.56 Å². The summed E-state index contributed by atoms with van der Waals surface area (Å²) in [4.78, 5) is 4.41. The molecule has 2 aromatic rings. The number of benzene rings is 1. The van der Waals surface area contributed by atoms with E-state index in [1.54, 1.807) is 0 Å². The Bertz CT molecular complexity index is 622. The molecule has 0 aliphatic heterocycles. The fourth-order valence-corrected chi connectivity index (χ4v) is 2.89. The molecule has 0 bridgehead atoms. The van der Waals surface area contributed by atoms with Crippen LogP contribution in [0.3, 0.4) is 0 Å². The van der Waals surface area contributed by atoms with Gasteiger partial charge >= 0.3 is 0 Å². The standard InChI is InChI=1S/C19H27ClN2O/c1-6-19(7-2,14-8-10-15(20)11-9-14)22-13-17-21-12-16(23-17)18(3,4)5/h8-12,22H,6-7,13H2,1-5H3. The van der Waals surface area contributed by atoms with Crippen molar-refractivity contribution < 1.29 is 4.42 Å². The minimum Gasteiger partial charge on any atom is -0.444 e. The molecule has 0 unspecified atom stereocenters. The fraction of sp³-hybridized carbons (Fsp3) is 0.526. The molecule has 23 heavy (non-hydrogen) atoms. The highest BCUT2D eigenvalue weighted by atomic mass is 35.5. The summed E-state index contributed by atoms with van der Waals surface area (Å²) in [6, 6.07) is 8.08. The topological polar surface area (TPSA) is 38.1 Å². The Labute approximate surface area is 144 Å². The van der Waals surface area contributed by atoms with E-state index in [4.69, 9.17) is 16.0 Å². The number of oxazole rings is 1. The molecule has 4 heteroatoms. The highest BCUT2D eigenvalue weighted by molar-refractivity contribution is 6.30. The molecule has 0 aliphatic rings. The van der Waals surface area contributed by atoms with Gasteiger partial charge < -0.3 is 4.42 Å². The van der Waals surface area contributed by atoms with Crippen molar-refractivity contribution in [2.45, 2.75) is 65.0 Å². The van der Waals surface area contributed by atoms with Gasteiger partial charge in [0.15, 0.2) is 0 Å². The van der Waals surface area contributed by atoms with Gasteiger partial charge in [-0.3, -0.25) is 5.32 Å². The second-order valence-corrected chi connectivity index (χ2v) is 7.45. The number of aromatic nitrogens is 1. The fourth-order valence-electron chi connectivity index (χ4n) is 2.76. The van der Waals surface area contributed by atoms with Crippen molar-refractivity contribution in [1.29, 1.82) is 0 Å². The van der Waals surface area contributed by atoms with Crippen LogP contribution in [0.2, 0.25) is 5.02 Å². The third-order valence-electron chi connectivity index (χ3n) is 4.47. The summed E-state index contributed by atoms with van der Waals surface area (Å²) in [6.45, 7) is 11.4. The minimum absolute atomic E-state index is 0.0198. The van der Waals surface area contributed by atoms with Crippen LogP contribution in [-0.2, 0) is 17.5 Å². The van der Waals surface area contributed by atoms with Gasteiger partial charge in [-0.05, 0) is 30.5 Å². The van der Waals surface area contributed by atoms with Gasteiger partial charge in [0.25, 0.3) is 0 Å². The summed E-state index contributed by atoms with van der Waals surface area (Å²) in [5.41, 5.74) is 1.13. The first-order chi connectivity index (χ1) is 10.8. The number of hydrogen-bond donors (Lipinski definition) is 1. The maximum absolute atomic E-state index is 6.02. The molecule has 0 saturated heterocycles. The molecule has 126 valence electrons. The average molecular weight is 335 g/mol. The van der Waals surface area contributed by atoms with E-state index in [0.29, 0.717) is 6.54 Å². The Morgan fingerprint density at radius 3 is 2.17 bits per heavy atom. The first kappa shape index (κ1) is 18.0. The molecular weight excluding hydrogens is 308 g/mol. The van der Waals surface area contributed by atoms with Crippen molar-refractivity contribution in [3.8, 4) is 0 Å². The van der Waals surface area contributed by atoms with Gasteiger partial charge in [0.2, 0.25) is 5.89 Å². The molecule has 0 amide bonds. The largest absolute Gasteiger partial charge is 0.444 e. The van der Waals surface area contributed by atoms with Gasteiger partial charge in [-0.2, -0.15) is 0 Å². The maximum atomic E-state index is 6.02. The summed E-state index contributed by atoms with van der Waals surface area (Å²) in [5.74, 6) is 1.65. The van der Waals surface area contributed by atoms with Crippen molar-refractivity contribution in [3.63, 3.8) is 0 Å². The van der Waals surface area contributed by atoms with E-state index < -0.39 is 0 Å². The van der Waals surface area contributed by atoms with E-state index in [0.717, 1.165) is 29.5 Å². The molecule has 1 aromatic heterocycles. The lowest BCUT2D eigenvalue weighted by Crippen LogP contribution is -2.41. The van der Waals surface area contributed by atoms with Crippen LogP contribution in [0.5, 0.6) is 0 Å². The van der Waals surface area contributed by atoms with Crippen molar-refractivity contribution in [2.75, 3.05) is 0 Å². The van der Waals surface area contributed by atoms with Crippen LogP contribution in [0.4, 0.5) is 0 Å². The van der Waals surface area contributed by atoms with Gasteiger partial charge in [0.1, 0.15) is 5.76 Å². The van der Waals surface area contributed by atoms with Crippen molar-refractivity contribution in [2.24, 2.45) is 0 Å². The number of rotatable bonds is 6. The first-order valence-corrected chi connectivity index (χ1v) is 8.65. The highest BCUT2D eigenvalue weighted by Crippen LogP contribution is 2.30. The van der Waals surface area contributed by atoms with Crippen molar-refractivity contribution in [1.82, 2.24) is 10.3 Å². The molecule has 1 N–H and O–H groups in total. The lowest BCUT2D eigenvalue weighted by molar-refractivity contribution is 0.282. The van der Waals surface area contributed by atoms with E-state index >= 15 is 0 Å². The average Bonchev–Trinajstić information content (AvgIpc) is 2.99. The second-order valence-electron chi connectivity index (χ2n) is 7.02. The van der Waals surface area contributed by atoms with Gasteiger partial charge in [0, 0.05) is 16.0 Å². The summed E-state index contributed by atoms with van der Waals surface area (Å²) >= 11 is 6.02. The predicted molar refractivity (Wildman–Crippen MR) is 95.8 cm³/mol. The molecule has 1 heterocycles. The number of nitrogens with one attached hydrogen (secondary N) is 1. The van der Waals surface area contributed by atoms with Gasteiger partial charge in [-0.1, -0.05) is 58.4 Å². The molecule has 0 radical (unpaired) electrons. The van der Waals surface area contributed by atoms with Crippen molar-refractivity contribution >= 4 is 11.6 Å². The van der Waals surface area contributed by atoms with Crippen LogP contribution < -0.4 is 5.32 Å². The van der Waals surface area contributed by atoms with Gasteiger partial charge in [-0.25, -0.2) is 4.98 Å². The lowest BCUT2D eigenvalue weighted by Gasteiger charge is -2.33. The Morgan fingerprint density at radius 2 is 1.70 bits per heavy atom.